The third-order valence-electron chi connectivity index (χ3n) is 0.882. The molecular weight excluding hydrogens is 104 g/mol. The van der Waals surface area contributed by atoms with Gasteiger partial charge in [-0.15, -0.1) is 0 Å². The Balaban J connectivity index is 3.21. The van der Waals surface area contributed by atoms with E-state index in [2.05, 4.69) is 0 Å². The van der Waals surface area contributed by atoms with Crippen LogP contribution in [-0.4, -0.2) is 22.9 Å². The van der Waals surface area contributed by atoms with Crippen molar-refractivity contribution < 1.29 is 10.2 Å². The summed E-state index contributed by atoms with van der Waals surface area (Å²) in [6, 6.07) is 0. The van der Waals surface area contributed by atoms with Crippen molar-refractivity contribution in [1.82, 2.24) is 0 Å². The Morgan fingerprint density at radius 1 is 1.62 bits per heavy atom. The summed E-state index contributed by atoms with van der Waals surface area (Å²) in [7, 11) is 0. The van der Waals surface area contributed by atoms with E-state index in [0.29, 0.717) is 6.42 Å². The fourth-order valence-electron chi connectivity index (χ4n) is 0.354. The lowest BCUT2D eigenvalue weighted by Gasteiger charge is -1.96. The van der Waals surface area contributed by atoms with Gasteiger partial charge < -0.3 is 10.2 Å². The van der Waals surface area contributed by atoms with Crippen LogP contribution in [0.5, 0.6) is 0 Å². The largest absolute Gasteiger partial charge is 0.392 e. The third kappa shape index (κ3) is 3.84. The van der Waals surface area contributed by atoms with Crippen LogP contribution in [0.3, 0.4) is 0 Å². The van der Waals surface area contributed by atoms with E-state index in [0.717, 1.165) is 0 Å². The molecule has 2 N–H and O–H groups in total. The minimum atomic E-state index is -0.387. The Bertz CT molecular complexity index is 68.9. The zero-order chi connectivity index (χ0) is 6.41. The fraction of sp³-hybridized carbons (Fsp3) is 0.667. The van der Waals surface area contributed by atoms with Gasteiger partial charge in [-0.1, -0.05) is 19.1 Å². The monoisotopic (exact) mass is 116 g/mol. The highest BCUT2D eigenvalue weighted by atomic mass is 16.3. The van der Waals surface area contributed by atoms with E-state index in [9.17, 15) is 0 Å². The SMILES string of the molecule is CC[C@H](O)/C=C/CO. The minimum Gasteiger partial charge on any atom is -0.392 e. The molecule has 0 aliphatic carbocycles. The zero-order valence-electron chi connectivity index (χ0n) is 5.04. The Morgan fingerprint density at radius 3 is 2.62 bits per heavy atom. The van der Waals surface area contributed by atoms with E-state index < -0.39 is 0 Å². The zero-order valence-corrected chi connectivity index (χ0v) is 5.04. The van der Waals surface area contributed by atoms with Crippen molar-refractivity contribution in [3.05, 3.63) is 12.2 Å². The Morgan fingerprint density at radius 2 is 2.25 bits per heavy atom. The van der Waals surface area contributed by atoms with Crippen LogP contribution in [0.1, 0.15) is 13.3 Å². The number of hydrogen-bond acceptors (Lipinski definition) is 2. The molecule has 0 radical (unpaired) electrons. The Kier molecular flexibility index (Phi) is 4.61. The van der Waals surface area contributed by atoms with Gasteiger partial charge >= 0.3 is 0 Å². The van der Waals surface area contributed by atoms with Gasteiger partial charge in [0.15, 0.2) is 0 Å². The molecule has 0 aromatic rings. The molecule has 0 unspecified atom stereocenters. The lowest BCUT2D eigenvalue weighted by Crippen LogP contribution is -1.98. The van der Waals surface area contributed by atoms with Gasteiger partial charge in [0.05, 0.1) is 12.7 Å². The average molecular weight is 116 g/mol. The minimum absolute atomic E-state index is 0.0110. The van der Waals surface area contributed by atoms with Crippen molar-refractivity contribution in [2.24, 2.45) is 0 Å². The molecular formula is C6H12O2. The van der Waals surface area contributed by atoms with E-state index in [4.69, 9.17) is 10.2 Å². The second-order valence-corrected chi connectivity index (χ2v) is 1.59. The van der Waals surface area contributed by atoms with Crippen LogP contribution in [0, 0.1) is 0 Å². The van der Waals surface area contributed by atoms with Gasteiger partial charge in [0.1, 0.15) is 0 Å². The van der Waals surface area contributed by atoms with Crippen LogP contribution in [0.4, 0.5) is 0 Å². The molecule has 0 aromatic carbocycles. The first-order valence-corrected chi connectivity index (χ1v) is 2.76. The van der Waals surface area contributed by atoms with Crippen LogP contribution < -0.4 is 0 Å². The van der Waals surface area contributed by atoms with E-state index in [1.807, 2.05) is 6.92 Å². The van der Waals surface area contributed by atoms with Crippen molar-refractivity contribution in [3.8, 4) is 0 Å². The summed E-state index contributed by atoms with van der Waals surface area (Å²) in [5.74, 6) is 0. The van der Waals surface area contributed by atoms with Gasteiger partial charge in [-0.05, 0) is 6.42 Å². The molecule has 0 aromatic heterocycles. The molecule has 0 spiro atoms. The molecule has 8 heavy (non-hydrogen) atoms. The maximum atomic E-state index is 8.79. The van der Waals surface area contributed by atoms with Crippen molar-refractivity contribution in [3.63, 3.8) is 0 Å². The molecule has 2 heteroatoms. The van der Waals surface area contributed by atoms with Gasteiger partial charge in [-0.3, -0.25) is 0 Å². The first kappa shape index (κ1) is 7.66. The molecule has 0 rings (SSSR count). The Hall–Kier alpha value is -0.340. The van der Waals surface area contributed by atoms with E-state index >= 15 is 0 Å². The van der Waals surface area contributed by atoms with Crippen molar-refractivity contribution in [2.45, 2.75) is 19.4 Å². The smallest absolute Gasteiger partial charge is 0.0719 e. The number of aliphatic hydroxyl groups is 2. The van der Waals surface area contributed by atoms with Crippen LogP contribution in [0.25, 0.3) is 0 Å². The standard InChI is InChI=1S/C6H12O2/c1-2-6(8)4-3-5-7/h3-4,6-8H,2,5H2,1H3/b4-3+/t6-/m0/s1. The van der Waals surface area contributed by atoms with Crippen LogP contribution in [0.15, 0.2) is 12.2 Å². The predicted molar refractivity (Wildman–Crippen MR) is 32.5 cm³/mol. The maximum Gasteiger partial charge on any atom is 0.0719 e. The lowest BCUT2D eigenvalue weighted by atomic mass is 10.2. The van der Waals surface area contributed by atoms with Crippen LogP contribution in [-0.2, 0) is 0 Å². The fourth-order valence-corrected chi connectivity index (χ4v) is 0.354. The maximum absolute atomic E-state index is 8.79. The van der Waals surface area contributed by atoms with E-state index in [1.54, 1.807) is 6.08 Å². The molecule has 0 fully saturated rings. The predicted octanol–water partition coefficient (Wildman–Crippen LogP) is 0.306. The molecule has 0 amide bonds. The highest BCUT2D eigenvalue weighted by Gasteiger charge is 1.89. The molecule has 0 aliphatic rings. The van der Waals surface area contributed by atoms with E-state index in [-0.39, 0.29) is 12.7 Å². The quantitative estimate of drug-likeness (QED) is 0.521. The van der Waals surface area contributed by atoms with Crippen molar-refractivity contribution in [2.75, 3.05) is 6.61 Å². The molecule has 2 nitrogen and oxygen atoms in total. The number of aliphatic hydroxyl groups excluding tert-OH is 2. The molecule has 0 heterocycles. The molecule has 0 saturated heterocycles. The summed E-state index contributed by atoms with van der Waals surface area (Å²) >= 11 is 0. The van der Waals surface area contributed by atoms with Gasteiger partial charge in [0.25, 0.3) is 0 Å². The second kappa shape index (κ2) is 4.81. The lowest BCUT2D eigenvalue weighted by molar-refractivity contribution is 0.217. The van der Waals surface area contributed by atoms with Crippen LogP contribution >= 0.6 is 0 Å². The van der Waals surface area contributed by atoms with Gasteiger partial charge in [0, 0.05) is 0 Å². The van der Waals surface area contributed by atoms with Gasteiger partial charge in [-0.25, -0.2) is 0 Å². The summed E-state index contributed by atoms with van der Waals surface area (Å²) in [5, 5.41) is 17.0. The molecule has 0 aliphatic heterocycles. The van der Waals surface area contributed by atoms with Crippen molar-refractivity contribution >= 4 is 0 Å². The van der Waals surface area contributed by atoms with Gasteiger partial charge in [-0.2, -0.15) is 0 Å². The Labute approximate surface area is 49.5 Å². The summed E-state index contributed by atoms with van der Waals surface area (Å²) in [6.07, 6.45) is 3.44. The second-order valence-electron chi connectivity index (χ2n) is 1.59. The third-order valence-corrected chi connectivity index (χ3v) is 0.882. The topological polar surface area (TPSA) is 40.5 Å². The number of hydrogen-bond donors (Lipinski definition) is 2. The molecule has 48 valence electrons. The first-order valence-electron chi connectivity index (χ1n) is 2.76. The van der Waals surface area contributed by atoms with E-state index in [1.165, 1.54) is 6.08 Å². The molecule has 0 bridgehead atoms. The molecule has 1 atom stereocenters. The highest BCUT2D eigenvalue weighted by molar-refractivity contribution is 4.86. The van der Waals surface area contributed by atoms with Crippen LogP contribution in [0.2, 0.25) is 0 Å². The molecule has 0 saturated carbocycles. The summed E-state index contributed by atoms with van der Waals surface area (Å²) < 4.78 is 0. The number of rotatable bonds is 3. The normalized spacial score (nSPS) is 14.9. The highest BCUT2D eigenvalue weighted by Crippen LogP contribution is 1.89. The van der Waals surface area contributed by atoms with Gasteiger partial charge in [0.2, 0.25) is 0 Å². The summed E-state index contributed by atoms with van der Waals surface area (Å²) in [4.78, 5) is 0. The van der Waals surface area contributed by atoms with Crippen molar-refractivity contribution in [1.29, 1.82) is 0 Å². The first-order chi connectivity index (χ1) is 3.81. The summed E-state index contributed by atoms with van der Waals surface area (Å²) in [6.45, 7) is 1.89. The summed E-state index contributed by atoms with van der Waals surface area (Å²) in [5.41, 5.74) is 0. The average Bonchev–Trinajstić information content (AvgIpc) is 1.83.